The number of amides is 1. The number of ketones is 1. The third kappa shape index (κ3) is 9.92. The second-order valence-electron chi connectivity index (χ2n) is 15.6. The molecule has 3 heterocycles. The molecule has 0 aromatic carbocycles. The van der Waals surface area contributed by atoms with Crippen LogP contribution in [0.5, 0.6) is 0 Å². The SMILES string of the molecule is CC[C@H]1OC(=O)[C@H](C)C(=O)[C@H](C)[C@@H](O[C@@H]2OC(C)CC(N(C)C)C2O)[C@](C)(OC)C[C@@H](C)CCN[C@H](C)[C@H]2N(CCCCN=[N+]=[N-])C(=O)O[C@]12C. The van der Waals surface area contributed by atoms with E-state index < -0.39 is 71.5 Å². The lowest BCUT2D eigenvalue weighted by Crippen LogP contribution is -2.61. The van der Waals surface area contributed by atoms with Gasteiger partial charge in [-0.3, -0.25) is 14.5 Å². The maximum Gasteiger partial charge on any atom is 0.410 e. The maximum absolute atomic E-state index is 14.3. The number of Topliss-reactive ketones (excluding diaryl/α,β-unsaturated/α-hetero) is 1. The van der Waals surface area contributed by atoms with Crippen LogP contribution in [0.3, 0.4) is 0 Å². The molecule has 0 aliphatic carbocycles. The number of esters is 1. The zero-order chi connectivity index (χ0) is 38.3. The molecule has 1 amide bonds. The van der Waals surface area contributed by atoms with Gasteiger partial charge < -0.3 is 39.0 Å². The molecule has 51 heavy (non-hydrogen) atoms. The van der Waals surface area contributed by atoms with Crippen LogP contribution in [-0.4, -0.2) is 134 Å². The highest BCUT2D eigenvalue weighted by Crippen LogP contribution is 2.40. The van der Waals surface area contributed by atoms with Crippen molar-refractivity contribution in [2.45, 2.75) is 154 Å². The molecule has 3 rings (SSSR count). The molecule has 3 aliphatic rings. The number of carbonyl (C=O) groups excluding carboxylic acids is 3. The molecule has 0 spiro atoms. The molecule has 0 aromatic heterocycles. The van der Waals surface area contributed by atoms with Crippen LogP contribution < -0.4 is 5.32 Å². The molecule has 13 atom stereocenters. The Balaban J connectivity index is 2.00. The van der Waals surface area contributed by atoms with E-state index in [1.165, 1.54) is 6.92 Å². The van der Waals surface area contributed by atoms with Gasteiger partial charge in [0.2, 0.25) is 0 Å². The molecule has 2 N–H and O–H groups in total. The van der Waals surface area contributed by atoms with E-state index in [4.69, 9.17) is 29.2 Å². The van der Waals surface area contributed by atoms with Crippen molar-refractivity contribution in [3.05, 3.63) is 10.4 Å². The van der Waals surface area contributed by atoms with E-state index in [1.54, 1.807) is 25.9 Å². The minimum absolute atomic E-state index is 0.0945. The predicted octanol–water partition coefficient (Wildman–Crippen LogP) is 4.44. The van der Waals surface area contributed by atoms with Gasteiger partial charge in [0.15, 0.2) is 17.7 Å². The normalized spacial score (nSPS) is 40.4. The molecule has 3 fully saturated rings. The minimum atomic E-state index is -1.22. The van der Waals surface area contributed by atoms with Gasteiger partial charge in [-0.1, -0.05) is 25.9 Å². The molecular weight excluding hydrogens is 660 g/mol. The van der Waals surface area contributed by atoms with Crippen LogP contribution in [0.1, 0.15) is 93.9 Å². The fourth-order valence-corrected chi connectivity index (χ4v) is 8.37. The summed E-state index contributed by atoms with van der Waals surface area (Å²) in [5.74, 6) is -3.06. The Morgan fingerprint density at radius 2 is 1.82 bits per heavy atom. The second-order valence-corrected chi connectivity index (χ2v) is 15.6. The van der Waals surface area contributed by atoms with Crippen molar-refractivity contribution < 1.29 is 43.2 Å². The van der Waals surface area contributed by atoms with Crippen LogP contribution in [0, 0.1) is 17.8 Å². The highest BCUT2D eigenvalue weighted by atomic mass is 16.7. The van der Waals surface area contributed by atoms with Crippen molar-refractivity contribution >= 4 is 17.8 Å². The first kappa shape index (κ1) is 42.9. The van der Waals surface area contributed by atoms with Crippen molar-refractivity contribution in [2.24, 2.45) is 22.9 Å². The number of rotatable bonds is 10. The summed E-state index contributed by atoms with van der Waals surface area (Å²) in [6.45, 7) is 16.1. The van der Waals surface area contributed by atoms with Crippen molar-refractivity contribution in [1.29, 1.82) is 0 Å². The zero-order valence-corrected chi connectivity index (χ0v) is 32.7. The Kier molecular flexibility index (Phi) is 15.6. The number of cyclic esters (lactones) is 1. The van der Waals surface area contributed by atoms with Crippen molar-refractivity contribution in [1.82, 2.24) is 15.1 Å². The molecule has 0 bridgehead atoms. The Bertz CT molecular complexity index is 1240. The number of unbranched alkanes of at least 4 members (excludes halogenated alkanes) is 1. The Morgan fingerprint density at radius 1 is 1.14 bits per heavy atom. The molecule has 3 aliphatic heterocycles. The molecule has 0 aromatic rings. The summed E-state index contributed by atoms with van der Waals surface area (Å²) in [5, 5.41) is 18.6. The van der Waals surface area contributed by atoms with E-state index in [1.807, 2.05) is 46.7 Å². The Labute approximate surface area is 304 Å². The highest BCUT2D eigenvalue weighted by Gasteiger charge is 2.58. The van der Waals surface area contributed by atoms with Gasteiger partial charge in [-0.2, -0.15) is 0 Å². The van der Waals surface area contributed by atoms with Gasteiger partial charge in [0.05, 0.1) is 23.9 Å². The summed E-state index contributed by atoms with van der Waals surface area (Å²) in [7, 11) is 5.38. The predicted molar refractivity (Wildman–Crippen MR) is 191 cm³/mol. The van der Waals surface area contributed by atoms with Gasteiger partial charge in [0, 0.05) is 43.1 Å². The average Bonchev–Trinajstić information content (AvgIpc) is 3.34. The quantitative estimate of drug-likeness (QED) is 0.0811. The fourth-order valence-electron chi connectivity index (χ4n) is 8.37. The van der Waals surface area contributed by atoms with Gasteiger partial charge in [-0.15, -0.1) is 0 Å². The number of hydrogen-bond acceptors (Lipinski definition) is 12. The number of aliphatic hydroxyl groups excluding tert-OH is 1. The summed E-state index contributed by atoms with van der Waals surface area (Å²) < 4.78 is 31.2. The van der Waals surface area contributed by atoms with E-state index in [0.717, 1.165) is 6.42 Å². The minimum Gasteiger partial charge on any atom is -0.458 e. The number of fused-ring (bicyclic) bond motifs is 1. The molecule has 3 saturated heterocycles. The zero-order valence-electron chi connectivity index (χ0n) is 32.7. The summed E-state index contributed by atoms with van der Waals surface area (Å²) in [4.78, 5) is 48.0. The number of methoxy groups -OCH3 is 1. The highest BCUT2D eigenvalue weighted by molar-refractivity contribution is 6.00. The van der Waals surface area contributed by atoms with Crippen molar-refractivity contribution in [3.8, 4) is 0 Å². The van der Waals surface area contributed by atoms with E-state index >= 15 is 0 Å². The first-order valence-electron chi connectivity index (χ1n) is 18.6. The molecule has 15 nitrogen and oxygen atoms in total. The summed E-state index contributed by atoms with van der Waals surface area (Å²) in [6.07, 6.45) is -1.04. The average molecular weight is 725 g/mol. The van der Waals surface area contributed by atoms with E-state index in [-0.39, 0.29) is 24.1 Å². The van der Waals surface area contributed by atoms with Crippen LogP contribution >= 0.6 is 0 Å². The van der Waals surface area contributed by atoms with Crippen LogP contribution in [0.2, 0.25) is 0 Å². The van der Waals surface area contributed by atoms with Crippen LogP contribution in [0.25, 0.3) is 10.4 Å². The van der Waals surface area contributed by atoms with Crippen molar-refractivity contribution in [3.63, 3.8) is 0 Å². The first-order chi connectivity index (χ1) is 23.9. The van der Waals surface area contributed by atoms with Crippen molar-refractivity contribution in [2.75, 3.05) is 40.8 Å². The Morgan fingerprint density at radius 3 is 2.43 bits per heavy atom. The lowest BCUT2D eigenvalue weighted by molar-refractivity contribution is -0.295. The number of carbonyl (C=O) groups is 3. The molecule has 0 saturated carbocycles. The molecule has 15 heteroatoms. The van der Waals surface area contributed by atoms with Gasteiger partial charge in [-0.25, -0.2) is 4.79 Å². The summed E-state index contributed by atoms with van der Waals surface area (Å²) >= 11 is 0. The van der Waals surface area contributed by atoms with Gasteiger partial charge >= 0.3 is 12.1 Å². The monoisotopic (exact) mass is 724 g/mol. The van der Waals surface area contributed by atoms with E-state index in [9.17, 15) is 19.5 Å². The van der Waals surface area contributed by atoms with E-state index in [0.29, 0.717) is 51.7 Å². The number of likely N-dealkylation sites (N-methyl/N-ethyl adjacent to an activating group) is 1. The van der Waals surface area contributed by atoms with Crippen LogP contribution in [0.4, 0.5) is 4.79 Å². The lowest BCUT2D eigenvalue weighted by Gasteiger charge is -2.47. The fraction of sp³-hybridized carbons (Fsp3) is 0.917. The molecule has 292 valence electrons. The van der Waals surface area contributed by atoms with Crippen LogP contribution in [0.15, 0.2) is 5.11 Å². The number of azide groups is 1. The first-order valence-corrected chi connectivity index (χ1v) is 18.6. The second kappa shape index (κ2) is 18.5. The maximum atomic E-state index is 14.3. The molecular formula is C36H64N6O9. The van der Waals surface area contributed by atoms with Gasteiger partial charge in [0.1, 0.15) is 18.1 Å². The number of nitrogens with zero attached hydrogens (tertiary/aromatic N) is 5. The smallest absolute Gasteiger partial charge is 0.410 e. The largest absolute Gasteiger partial charge is 0.458 e. The summed E-state index contributed by atoms with van der Waals surface area (Å²) in [6, 6.07) is -0.972. The summed E-state index contributed by atoms with van der Waals surface area (Å²) in [5.41, 5.74) is 6.43. The number of aliphatic hydroxyl groups is 1. The number of nitrogens with one attached hydrogen (secondary N) is 1. The topological polar surface area (TPSA) is 185 Å². The molecule has 0 radical (unpaired) electrons. The van der Waals surface area contributed by atoms with Gasteiger partial charge in [0.25, 0.3) is 0 Å². The van der Waals surface area contributed by atoms with E-state index in [2.05, 4.69) is 22.3 Å². The third-order valence-electron chi connectivity index (χ3n) is 11.3. The van der Waals surface area contributed by atoms with Crippen LogP contribution in [-0.2, 0) is 33.3 Å². The number of ether oxygens (including phenoxy) is 5. The number of hydrogen-bond donors (Lipinski definition) is 2. The Hall–Kier alpha value is -2.52. The molecule has 3 unspecified atom stereocenters. The lowest BCUT2D eigenvalue weighted by atomic mass is 9.78. The van der Waals surface area contributed by atoms with Gasteiger partial charge in [-0.05, 0) is 105 Å². The third-order valence-corrected chi connectivity index (χ3v) is 11.3. The standard InChI is InChI=1S/C36H64N6O9/c1-12-27-36(8)30(42(34(46)51-36)18-14-13-16-39-40-37)25(6)38-17-15-21(2)20-35(7,47-11)31(23(4)28(43)24(5)32(45)49-27)50-33-29(44)26(41(9)10)19-22(3)48-33/h21-27,29-31,33,38,44H,12-20H2,1-11H3/t21-,22?,23-,24+,25+,26?,27+,29?,30+,31+,33-,35+,36+/m0/s1.